The first-order valence-electron chi connectivity index (χ1n) is 7.24. The molecule has 2 fully saturated rings. The number of aliphatic hydroxyl groups excluding tert-OH is 1. The van der Waals surface area contributed by atoms with E-state index in [-0.39, 0.29) is 0 Å². The normalized spacial score (nSPS) is 34.1. The molecule has 22 heavy (non-hydrogen) atoms. The van der Waals surface area contributed by atoms with Crippen molar-refractivity contribution < 1.29 is 24.1 Å². The molecule has 0 amide bonds. The topological polar surface area (TPSA) is 80.9 Å². The third kappa shape index (κ3) is 3.00. The van der Waals surface area contributed by atoms with Crippen LogP contribution in [0.15, 0.2) is 30.3 Å². The number of nitriles is 1. The summed E-state index contributed by atoms with van der Waals surface area (Å²) >= 11 is 0. The molecule has 0 saturated carbocycles. The molecule has 1 N–H and O–H groups in total. The first kappa shape index (κ1) is 15.4. The predicted octanol–water partition coefficient (Wildman–Crippen LogP) is 1.33. The highest BCUT2D eigenvalue weighted by atomic mass is 16.8. The maximum Gasteiger partial charge on any atom is 0.190 e. The summed E-state index contributed by atoms with van der Waals surface area (Å²) in [7, 11) is 0. The van der Waals surface area contributed by atoms with E-state index in [0.29, 0.717) is 6.61 Å². The predicted molar refractivity (Wildman–Crippen MR) is 75.3 cm³/mol. The van der Waals surface area contributed by atoms with Gasteiger partial charge in [-0.15, -0.1) is 0 Å². The minimum absolute atomic E-state index is 0.344. The molecule has 1 aromatic rings. The second kappa shape index (κ2) is 5.95. The van der Waals surface area contributed by atoms with Gasteiger partial charge in [-0.05, 0) is 19.4 Å². The largest absolute Gasteiger partial charge is 0.375 e. The Morgan fingerprint density at radius 3 is 2.73 bits per heavy atom. The van der Waals surface area contributed by atoms with Crippen LogP contribution in [0.1, 0.15) is 19.4 Å². The number of nitrogens with zero attached hydrogens (tertiary/aromatic N) is 1. The van der Waals surface area contributed by atoms with Gasteiger partial charge in [0.1, 0.15) is 18.3 Å². The molecule has 3 rings (SSSR count). The molecule has 0 radical (unpaired) electrons. The van der Waals surface area contributed by atoms with Gasteiger partial charge in [-0.2, -0.15) is 5.26 Å². The molecule has 2 saturated heterocycles. The second-order valence-corrected chi connectivity index (χ2v) is 5.90. The molecule has 118 valence electrons. The number of hydrogen-bond acceptors (Lipinski definition) is 6. The van der Waals surface area contributed by atoms with Crippen molar-refractivity contribution in [2.24, 2.45) is 0 Å². The van der Waals surface area contributed by atoms with Crippen molar-refractivity contribution in [3.63, 3.8) is 0 Å². The molecule has 0 unspecified atom stereocenters. The average Bonchev–Trinajstić information content (AvgIpc) is 2.97. The minimum atomic E-state index is -1.29. The van der Waals surface area contributed by atoms with E-state index in [1.807, 2.05) is 30.3 Å². The fourth-order valence-corrected chi connectivity index (χ4v) is 2.79. The van der Waals surface area contributed by atoms with Crippen LogP contribution in [-0.2, 0) is 25.6 Å². The molecule has 0 bridgehead atoms. The zero-order chi connectivity index (χ0) is 15.7. The van der Waals surface area contributed by atoms with Crippen LogP contribution in [0.4, 0.5) is 0 Å². The maximum atomic E-state index is 9.83. The van der Waals surface area contributed by atoms with E-state index in [1.165, 1.54) is 0 Å². The number of hydrogen-bond donors (Lipinski definition) is 1. The van der Waals surface area contributed by atoms with E-state index >= 15 is 0 Å². The van der Waals surface area contributed by atoms with Crippen LogP contribution in [-0.4, -0.2) is 41.6 Å². The Kier molecular flexibility index (Phi) is 4.17. The molecule has 0 aliphatic carbocycles. The van der Waals surface area contributed by atoms with Crippen LogP contribution < -0.4 is 0 Å². The summed E-state index contributed by atoms with van der Waals surface area (Å²) < 4.78 is 23.0. The Morgan fingerprint density at radius 1 is 1.32 bits per heavy atom. The van der Waals surface area contributed by atoms with E-state index in [9.17, 15) is 5.11 Å². The van der Waals surface area contributed by atoms with Gasteiger partial charge in [0, 0.05) is 0 Å². The fraction of sp³-hybridized carbons (Fsp3) is 0.562. The van der Waals surface area contributed by atoms with E-state index in [4.69, 9.17) is 24.2 Å². The monoisotopic (exact) mass is 305 g/mol. The Balaban J connectivity index is 1.73. The van der Waals surface area contributed by atoms with Gasteiger partial charge >= 0.3 is 0 Å². The Morgan fingerprint density at radius 2 is 2.05 bits per heavy atom. The molecular weight excluding hydrogens is 286 g/mol. The maximum absolute atomic E-state index is 9.83. The van der Waals surface area contributed by atoms with Gasteiger partial charge in [0.05, 0.1) is 12.7 Å². The van der Waals surface area contributed by atoms with Crippen molar-refractivity contribution in [2.45, 2.75) is 56.9 Å². The molecule has 0 spiro atoms. The summed E-state index contributed by atoms with van der Waals surface area (Å²) in [5, 5.41) is 18.8. The molecule has 0 aromatic heterocycles. The third-order valence-corrected chi connectivity index (χ3v) is 3.76. The number of fused-ring (bicyclic) bond motifs is 1. The van der Waals surface area contributed by atoms with Crippen molar-refractivity contribution >= 4 is 0 Å². The lowest BCUT2D eigenvalue weighted by Crippen LogP contribution is -2.42. The van der Waals surface area contributed by atoms with Crippen molar-refractivity contribution in [3.8, 4) is 6.07 Å². The summed E-state index contributed by atoms with van der Waals surface area (Å²) in [5.41, 5.74) is 0.995. The molecule has 6 nitrogen and oxygen atoms in total. The van der Waals surface area contributed by atoms with Crippen LogP contribution in [0.5, 0.6) is 0 Å². The summed E-state index contributed by atoms with van der Waals surface area (Å²) in [6, 6.07) is 11.4. The zero-order valence-corrected chi connectivity index (χ0v) is 12.5. The molecule has 6 heteroatoms. The molecule has 2 heterocycles. The minimum Gasteiger partial charge on any atom is -0.375 e. The molecule has 1 aromatic carbocycles. The van der Waals surface area contributed by atoms with E-state index in [2.05, 4.69) is 0 Å². The highest BCUT2D eigenvalue weighted by Gasteiger charge is 2.57. The average molecular weight is 305 g/mol. The fourth-order valence-electron chi connectivity index (χ4n) is 2.79. The quantitative estimate of drug-likeness (QED) is 0.845. The van der Waals surface area contributed by atoms with Gasteiger partial charge in [0.2, 0.25) is 0 Å². The van der Waals surface area contributed by atoms with Gasteiger partial charge in [-0.1, -0.05) is 30.3 Å². The highest BCUT2D eigenvalue weighted by Crippen LogP contribution is 2.39. The molecule has 5 atom stereocenters. The van der Waals surface area contributed by atoms with Crippen molar-refractivity contribution in [1.29, 1.82) is 5.26 Å². The van der Waals surface area contributed by atoms with Gasteiger partial charge in [0.15, 0.2) is 18.2 Å². The third-order valence-electron chi connectivity index (χ3n) is 3.76. The molecule has 2 aliphatic heterocycles. The summed E-state index contributed by atoms with van der Waals surface area (Å²) in [5.74, 6) is -0.772. The van der Waals surface area contributed by atoms with Crippen molar-refractivity contribution in [1.82, 2.24) is 0 Å². The van der Waals surface area contributed by atoms with Crippen LogP contribution in [0.25, 0.3) is 0 Å². The summed E-state index contributed by atoms with van der Waals surface area (Å²) in [4.78, 5) is 0. The van der Waals surface area contributed by atoms with Gasteiger partial charge in [0.25, 0.3) is 0 Å². The number of rotatable bonds is 4. The second-order valence-electron chi connectivity index (χ2n) is 5.90. The van der Waals surface area contributed by atoms with Crippen LogP contribution in [0, 0.1) is 11.3 Å². The zero-order valence-electron chi connectivity index (χ0n) is 12.5. The number of ether oxygens (including phenoxy) is 4. The number of benzene rings is 1. The molecular formula is C16H19NO5. The van der Waals surface area contributed by atoms with E-state index in [1.54, 1.807) is 19.9 Å². The lowest BCUT2D eigenvalue weighted by Gasteiger charge is -2.26. The number of aliphatic hydroxyl groups is 1. The standard InChI is InChI=1S/C16H19NO5/c1-16(2)21-14-13(19-9-10-6-4-3-5-7-10)12(11(18)8-17)20-15(14)22-16/h3-7,11-15,18H,9H2,1-2H3/t11-,12+,13-,14+,15+/m0/s1. The van der Waals surface area contributed by atoms with Crippen LogP contribution in [0.3, 0.4) is 0 Å². The first-order chi connectivity index (χ1) is 10.5. The Bertz CT molecular complexity index is 555. The highest BCUT2D eigenvalue weighted by molar-refractivity contribution is 5.14. The summed E-state index contributed by atoms with van der Waals surface area (Å²) in [6.07, 6.45) is -3.75. The Labute approximate surface area is 129 Å². The van der Waals surface area contributed by atoms with Crippen molar-refractivity contribution in [3.05, 3.63) is 35.9 Å². The Hall–Kier alpha value is -1.49. The van der Waals surface area contributed by atoms with E-state index < -0.39 is 36.5 Å². The smallest absolute Gasteiger partial charge is 0.190 e. The van der Waals surface area contributed by atoms with Crippen LogP contribution in [0.2, 0.25) is 0 Å². The van der Waals surface area contributed by atoms with Crippen molar-refractivity contribution in [2.75, 3.05) is 0 Å². The van der Waals surface area contributed by atoms with Gasteiger partial charge in [-0.3, -0.25) is 0 Å². The van der Waals surface area contributed by atoms with E-state index in [0.717, 1.165) is 5.56 Å². The van der Waals surface area contributed by atoms with Crippen LogP contribution >= 0.6 is 0 Å². The SMILES string of the molecule is CC1(C)O[C@H]2O[C@H]([C@@H](O)C#N)[C@H](OCc3ccccc3)[C@H]2O1. The first-order valence-corrected chi connectivity index (χ1v) is 7.24. The lowest BCUT2D eigenvalue weighted by atomic mass is 10.1. The lowest BCUT2D eigenvalue weighted by molar-refractivity contribution is -0.227. The summed E-state index contributed by atoms with van der Waals surface area (Å²) in [6.45, 7) is 3.92. The van der Waals surface area contributed by atoms with Gasteiger partial charge < -0.3 is 24.1 Å². The van der Waals surface area contributed by atoms with Gasteiger partial charge in [-0.25, -0.2) is 0 Å². The molecule has 2 aliphatic rings.